The molecule has 0 aromatic carbocycles. The van der Waals surface area contributed by atoms with Crippen LogP contribution >= 0.6 is 0 Å². The monoisotopic (exact) mass is 302 g/mol. The van der Waals surface area contributed by atoms with Crippen molar-refractivity contribution >= 4 is 11.8 Å². The van der Waals surface area contributed by atoms with Crippen molar-refractivity contribution in [3.05, 3.63) is 30.0 Å². The van der Waals surface area contributed by atoms with E-state index in [1.54, 1.807) is 0 Å². The highest BCUT2D eigenvalue weighted by atomic mass is 16.5. The molecule has 1 saturated heterocycles. The van der Waals surface area contributed by atoms with Gasteiger partial charge in [-0.25, -0.2) is 9.97 Å². The number of hydrogen-bond donors (Lipinski definition) is 2. The highest BCUT2D eigenvalue weighted by Crippen LogP contribution is 2.25. The molecule has 0 radical (unpaired) electrons. The molecule has 3 heterocycles. The third-order valence-corrected chi connectivity index (χ3v) is 3.92. The molecule has 3 N–H and O–H groups in total. The SMILES string of the molecule is Cc1nccn1CCCNc1cc(C2CCOC2)nc(N)n1. The van der Waals surface area contributed by atoms with E-state index in [0.717, 1.165) is 56.5 Å². The molecule has 1 fully saturated rings. The maximum absolute atomic E-state index is 5.81. The van der Waals surface area contributed by atoms with Crippen LogP contribution in [0.2, 0.25) is 0 Å². The minimum Gasteiger partial charge on any atom is -0.381 e. The summed E-state index contributed by atoms with van der Waals surface area (Å²) in [7, 11) is 0. The quantitative estimate of drug-likeness (QED) is 0.787. The zero-order chi connectivity index (χ0) is 15.4. The molecule has 0 spiro atoms. The molecule has 1 aliphatic heterocycles. The van der Waals surface area contributed by atoms with Crippen molar-refractivity contribution in [2.75, 3.05) is 30.8 Å². The van der Waals surface area contributed by atoms with Crippen LogP contribution in [0.15, 0.2) is 18.5 Å². The Morgan fingerprint density at radius 2 is 2.36 bits per heavy atom. The summed E-state index contributed by atoms with van der Waals surface area (Å²) in [6.07, 6.45) is 5.80. The van der Waals surface area contributed by atoms with Crippen molar-refractivity contribution in [3.8, 4) is 0 Å². The fourth-order valence-electron chi connectivity index (χ4n) is 2.66. The lowest BCUT2D eigenvalue weighted by Gasteiger charge is -2.11. The van der Waals surface area contributed by atoms with E-state index in [1.165, 1.54) is 0 Å². The molecule has 1 unspecified atom stereocenters. The fourth-order valence-corrected chi connectivity index (χ4v) is 2.66. The number of imidazole rings is 1. The number of nitrogen functional groups attached to an aromatic ring is 1. The van der Waals surface area contributed by atoms with Crippen LogP contribution < -0.4 is 11.1 Å². The Balaban J connectivity index is 1.54. The van der Waals surface area contributed by atoms with Crippen LogP contribution in [-0.2, 0) is 11.3 Å². The molecule has 7 heteroatoms. The first-order valence-electron chi connectivity index (χ1n) is 7.66. The molecule has 0 amide bonds. The summed E-state index contributed by atoms with van der Waals surface area (Å²) in [5.74, 6) is 2.48. The molecular formula is C15H22N6O. The lowest BCUT2D eigenvalue weighted by Crippen LogP contribution is -2.11. The van der Waals surface area contributed by atoms with E-state index in [0.29, 0.717) is 11.9 Å². The van der Waals surface area contributed by atoms with Crippen molar-refractivity contribution in [1.82, 2.24) is 19.5 Å². The summed E-state index contributed by atoms with van der Waals surface area (Å²) < 4.78 is 7.55. The second-order valence-electron chi connectivity index (χ2n) is 5.54. The number of rotatable bonds is 6. The molecule has 22 heavy (non-hydrogen) atoms. The first-order chi connectivity index (χ1) is 10.7. The average molecular weight is 302 g/mol. The smallest absolute Gasteiger partial charge is 0.222 e. The van der Waals surface area contributed by atoms with Crippen LogP contribution in [-0.4, -0.2) is 39.3 Å². The second-order valence-corrected chi connectivity index (χ2v) is 5.54. The largest absolute Gasteiger partial charge is 0.381 e. The molecule has 2 aromatic rings. The lowest BCUT2D eigenvalue weighted by molar-refractivity contribution is 0.193. The molecule has 1 atom stereocenters. The molecular weight excluding hydrogens is 280 g/mol. The van der Waals surface area contributed by atoms with Gasteiger partial charge in [-0.05, 0) is 19.8 Å². The molecule has 0 aliphatic carbocycles. The predicted molar refractivity (Wildman–Crippen MR) is 84.7 cm³/mol. The summed E-state index contributed by atoms with van der Waals surface area (Å²) in [5, 5.41) is 3.33. The normalized spacial score (nSPS) is 17.8. The Kier molecular flexibility index (Phi) is 4.53. The van der Waals surface area contributed by atoms with Gasteiger partial charge in [0.1, 0.15) is 11.6 Å². The maximum Gasteiger partial charge on any atom is 0.222 e. The number of nitrogens with two attached hydrogens (primary N) is 1. The number of nitrogens with one attached hydrogen (secondary N) is 1. The van der Waals surface area contributed by atoms with Gasteiger partial charge >= 0.3 is 0 Å². The highest BCUT2D eigenvalue weighted by molar-refractivity contribution is 5.41. The van der Waals surface area contributed by atoms with E-state index in [-0.39, 0.29) is 0 Å². The van der Waals surface area contributed by atoms with Gasteiger partial charge in [-0.1, -0.05) is 0 Å². The summed E-state index contributed by atoms with van der Waals surface area (Å²) in [5.41, 5.74) is 6.78. The number of anilines is 2. The Morgan fingerprint density at radius 1 is 1.45 bits per heavy atom. The zero-order valence-corrected chi connectivity index (χ0v) is 12.8. The third kappa shape index (κ3) is 3.54. The second kappa shape index (κ2) is 6.74. The van der Waals surface area contributed by atoms with E-state index in [2.05, 4.69) is 24.8 Å². The summed E-state index contributed by atoms with van der Waals surface area (Å²) >= 11 is 0. The highest BCUT2D eigenvalue weighted by Gasteiger charge is 2.20. The average Bonchev–Trinajstić information content (AvgIpc) is 3.15. The third-order valence-electron chi connectivity index (χ3n) is 3.92. The topological polar surface area (TPSA) is 90.9 Å². The van der Waals surface area contributed by atoms with Gasteiger partial charge in [-0.2, -0.15) is 4.98 Å². The summed E-state index contributed by atoms with van der Waals surface area (Å²) in [6.45, 7) is 5.28. The zero-order valence-electron chi connectivity index (χ0n) is 12.8. The van der Waals surface area contributed by atoms with Crippen LogP contribution in [0, 0.1) is 6.92 Å². The minimum atomic E-state index is 0.317. The molecule has 3 rings (SSSR count). The van der Waals surface area contributed by atoms with Crippen molar-refractivity contribution in [2.45, 2.75) is 32.2 Å². The number of aromatic nitrogens is 4. The van der Waals surface area contributed by atoms with Crippen LogP contribution in [0.5, 0.6) is 0 Å². The molecule has 1 aliphatic rings. The Labute approximate surface area is 129 Å². The van der Waals surface area contributed by atoms with Crippen molar-refractivity contribution in [1.29, 1.82) is 0 Å². The first kappa shape index (κ1) is 14.8. The summed E-state index contributed by atoms with van der Waals surface area (Å²) in [4.78, 5) is 12.8. The predicted octanol–water partition coefficient (Wildman–Crippen LogP) is 1.57. The Morgan fingerprint density at radius 3 is 3.09 bits per heavy atom. The van der Waals surface area contributed by atoms with Crippen LogP contribution in [0.25, 0.3) is 0 Å². The van der Waals surface area contributed by atoms with Crippen LogP contribution in [0.3, 0.4) is 0 Å². The van der Waals surface area contributed by atoms with Gasteiger partial charge in [-0.3, -0.25) is 0 Å². The van der Waals surface area contributed by atoms with Gasteiger partial charge in [0.25, 0.3) is 0 Å². The molecule has 7 nitrogen and oxygen atoms in total. The molecule has 0 saturated carbocycles. The Bertz CT molecular complexity index is 620. The number of ether oxygens (including phenoxy) is 1. The van der Waals surface area contributed by atoms with Crippen molar-refractivity contribution in [3.63, 3.8) is 0 Å². The number of nitrogens with zero attached hydrogens (tertiary/aromatic N) is 4. The molecule has 118 valence electrons. The van der Waals surface area contributed by atoms with Gasteiger partial charge in [0.2, 0.25) is 5.95 Å². The number of aryl methyl sites for hydroxylation is 2. The van der Waals surface area contributed by atoms with Crippen LogP contribution in [0.4, 0.5) is 11.8 Å². The van der Waals surface area contributed by atoms with Gasteiger partial charge in [0.05, 0.1) is 12.3 Å². The van der Waals surface area contributed by atoms with Gasteiger partial charge in [0.15, 0.2) is 0 Å². The van der Waals surface area contributed by atoms with E-state index in [4.69, 9.17) is 10.5 Å². The van der Waals surface area contributed by atoms with Gasteiger partial charge in [-0.15, -0.1) is 0 Å². The lowest BCUT2D eigenvalue weighted by atomic mass is 10.0. The molecule has 0 bridgehead atoms. The molecule has 2 aromatic heterocycles. The van der Waals surface area contributed by atoms with E-state index < -0.39 is 0 Å². The van der Waals surface area contributed by atoms with Crippen molar-refractivity contribution < 1.29 is 4.74 Å². The first-order valence-corrected chi connectivity index (χ1v) is 7.66. The minimum absolute atomic E-state index is 0.317. The van der Waals surface area contributed by atoms with Crippen molar-refractivity contribution in [2.24, 2.45) is 0 Å². The Hall–Kier alpha value is -2.15. The van der Waals surface area contributed by atoms with E-state index >= 15 is 0 Å². The standard InChI is InChI=1S/C15H22N6O/c1-11-17-5-7-21(11)6-2-4-18-14-9-13(19-15(16)20-14)12-3-8-22-10-12/h5,7,9,12H,2-4,6,8,10H2,1H3,(H3,16,18,19,20). The summed E-state index contributed by atoms with van der Waals surface area (Å²) in [6, 6.07) is 1.98. The fraction of sp³-hybridized carbons (Fsp3) is 0.533. The van der Waals surface area contributed by atoms with Gasteiger partial charge in [0, 0.05) is 44.1 Å². The maximum atomic E-state index is 5.81. The van der Waals surface area contributed by atoms with Crippen LogP contribution in [0.1, 0.15) is 30.3 Å². The van der Waals surface area contributed by atoms with E-state index in [1.807, 2.05) is 25.4 Å². The number of hydrogen-bond acceptors (Lipinski definition) is 6. The van der Waals surface area contributed by atoms with Gasteiger partial charge < -0.3 is 20.4 Å². The van der Waals surface area contributed by atoms with E-state index in [9.17, 15) is 0 Å².